The highest BCUT2D eigenvalue weighted by atomic mass is 31.2. The van der Waals surface area contributed by atoms with Gasteiger partial charge in [-0.3, -0.25) is 4.57 Å². The van der Waals surface area contributed by atoms with Crippen molar-refractivity contribution in [2.75, 3.05) is 13.2 Å². The van der Waals surface area contributed by atoms with E-state index in [0.717, 1.165) is 12.8 Å². The second-order valence-electron chi connectivity index (χ2n) is 6.39. The van der Waals surface area contributed by atoms with Gasteiger partial charge in [0.15, 0.2) is 0 Å². The Morgan fingerprint density at radius 2 is 1.30 bits per heavy atom. The summed E-state index contributed by atoms with van der Waals surface area (Å²) in [6.07, 6.45) is 10.0. The topological polar surface area (TPSA) is 35.5 Å². The van der Waals surface area contributed by atoms with Crippen molar-refractivity contribution in [3.63, 3.8) is 0 Å². The lowest BCUT2D eigenvalue weighted by Gasteiger charge is -2.29. The quantitative estimate of drug-likeness (QED) is 0.319. The van der Waals surface area contributed by atoms with Gasteiger partial charge in [-0.2, -0.15) is 0 Å². The second kappa shape index (κ2) is 10.8. The van der Waals surface area contributed by atoms with Gasteiger partial charge in [-0.15, -0.1) is 0 Å². The third kappa shape index (κ3) is 8.44. The second-order valence-corrected chi connectivity index (χ2v) is 9.25. The molecule has 122 valence electrons. The first kappa shape index (κ1) is 20.1. The molecule has 0 aliphatic heterocycles. The predicted octanol–water partition coefficient (Wildman–Crippen LogP) is 6.17. The van der Waals surface area contributed by atoms with E-state index in [1.54, 1.807) is 0 Å². The molecular formula is C16H35O3P. The number of hydrogen-bond acceptors (Lipinski definition) is 3. The fourth-order valence-corrected chi connectivity index (χ4v) is 3.57. The third-order valence-corrected chi connectivity index (χ3v) is 6.14. The summed E-state index contributed by atoms with van der Waals surface area (Å²) in [6, 6.07) is 0. The fourth-order valence-electron chi connectivity index (χ4n) is 2.02. The minimum absolute atomic E-state index is 0.436. The molecule has 0 aliphatic carbocycles. The molecule has 0 saturated carbocycles. The average Bonchev–Trinajstić information content (AvgIpc) is 2.36. The zero-order chi connectivity index (χ0) is 15.5. The van der Waals surface area contributed by atoms with E-state index >= 15 is 0 Å². The number of rotatable bonds is 12. The average molecular weight is 306 g/mol. The van der Waals surface area contributed by atoms with Gasteiger partial charge in [0.25, 0.3) is 0 Å². The van der Waals surface area contributed by atoms with E-state index in [0.29, 0.717) is 13.2 Å². The Kier molecular flexibility index (Phi) is 10.9. The van der Waals surface area contributed by atoms with Gasteiger partial charge in [0.05, 0.1) is 18.4 Å². The maximum absolute atomic E-state index is 12.6. The van der Waals surface area contributed by atoms with Crippen LogP contribution in [0.4, 0.5) is 0 Å². The van der Waals surface area contributed by atoms with Gasteiger partial charge in [-0.1, -0.05) is 51.9 Å². The van der Waals surface area contributed by atoms with E-state index in [1.165, 1.54) is 38.5 Å². The Hall–Kier alpha value is 0.150. The minimum atomic E-state index is -2.97. The molecule has 0 aromatic carbocycles. The van der Waals surface area contributed by atoms with Crippen LogP contribution in [0, 0.1) is 0 Å². The first-order valence-electron chi connectivity index (χ1n) is 8.26. The predicted molar refractivity (Wildman–Crippen MR) is 87.5 cm³/mol. The normalized spacial score (nSPS) is 15.2. The largest absolute Gasteiger partial charge is 0.335 e. The van der Waals surface area contributed by atoms with Crippen LogP contribution in [-0.2, 0) is 13.6 Å². The molecule has 20 heavy (non-hydrogen) atoms. The summed E-state index contributed by atoms with van der Waals surface area (Å²) in [5.74, 6) is 0. The Labute approximate surface area is 126 Å². The lowest BCUT2D eigenvalue weighted by atomic mass is 10.1. The van der Waals surface area contributed by atoms with Crippen LogP contribution < -0.4 is 0 Å². The molecule has 0 aromatic rings. The molecule has 0 aromatic heterocycles. The molecular weight excluding hydrogens is 271 g/mol. The van der Waals surface area contributed by atoms with Gasteiger partial charge in [0.1, 0.15) is 0 Å². The summed E-state index contributed by atoms with van der Waals surface area (Å²) in [6.45, 7) is 10.8. The third-order valence-electron chi connectivity index (χ3n) is 3.38. The zero-order valence-corrected chi connectivity index (χ0v) is 15.1. The fraction of sp³-hybridized carbons (Fsp3) is 1.00. The molecule has 1 unspecified atom stereocenters. The summed E-state index contributed by atoms with van der Waals surface area (Å²) in [5, 5.41) is -0.441. The van der Waals surface area contributed by atoms with Crippen molar-refractivity contribution in [3.05, 3.63) is 0 Å². The summed E-state index contributed by atoms with van der Waals surface area (Å²) in [5.41, 5.74) is 0. The number of unbranched alkanes of at least 4 members (excludes halogenated alkanes) is 7. The highest BCUT2D eigenvalue weighted by molar-refractivity contribution is 7.55. The Morgan fingerprint density at radius 1 is 0.800 bits per heavy atom. The summed E-state index contributed by atoms with van der Waals surface area (Å²) in [4.78, 5) is 0. The molecule has 0 spiro atoms. The zero-order valence-electron chi connectivity index (χ0n) is 14.2. The minimum Gasteiger partial charge on any atom is -0.309 e. The molecule has 3 nitrogen and oxygen atoms in total. The van der Waals surface area contributed by atoms with Crippen LogP contribution in [0.25, 0.3) is 0 Å². The SMILES string of the molecule is CCCCCCCCCCOP(=O)(OCC)C(C)(C)C. The van der Waals surface area contributed by atoms with Gasteiger partial charge in [-0.05, 0) is 34.1 Å². The van der Waals surface area contributed by atoms with Crippen molar-refractivity contribution < 1.29 is 13.6 Å². The number of hydrogen-bond donors (Lipinski definition) is 0. The molecule has 0 rings (SSSR count). The van der Waals surface area contributed by atoms with Crippen LogP contribution in [-0.4, -0.2) is 18.4 Å². The van der Waals surface area contributed by atoms with Crippen molar-refractivity contribution in [1.82, 2.24) is 0 Å². The maximum Gasteiger partial charge on any atom is 0.335 e. The van der Waals surface area contributed by atoms with Crippen molar-refractivity contribution >= 4 is 7.60 Å². The highest BCUT2D eigenvalue weighted by Gasteiger charge is 2.39. The van der Waals surface area contributed by atoms with E-state index in [-0.39, 0.29) is 0 Å². The van der Waals surface area contributed by atoms with Crippen LogP contribution in [0.15, 0.2) is 0 Å². The van der Waals surface area contributed by atoms with E-state index in [1.807, 2.05) is 27.7 Å². The Morgan fingerprint density at radius 3 is 1.75 bits per heavy atom. The molecule has 1 atom stereocenters. The van der Waals surface area contributed by atoms with Gasteiger partial charge in [-0.25, -0.2) is 0 Å². The van der Waals surface area contributed by atoms with Crippen LogP contribution >= 0.6 is 7.60 Å². The summed E-state index contributed by atoms with van der Waals surface area (Å²) in [7, 11) is -2.97. The molecule has 4 heteroatoms. The van der Waals surface area contributed by atoms with Crippen LogP contribution in [0.2, 0.25) is 0 Å². The van der Waals surface area contributed by atoms with Crippen LogP contribution in [0.5, 0.6) is 0 Å². The molecule has 0 bridgehead atoms. The molecule has 0 aliphatic rings. The monoisotopic (exact) mass is 306 g/mol. The van der Waals surface area contributed by atoms with Crippen molar-refractivity contribution in [1.29, 1.82) is 0 Å². The van der Waals surface area contributed by atoms with Crippen molar-refractivity contribution in [2.24, 2.45) is 0 Å². The first-order valence-corrected chi connectivity index (χ1v) is 9.81. The van der Waals surface area contributed by atoms with Gasteiger partial charge in [0, 0.05) is 0 Å². The molecule has 0 N–H and O–H groups in total. The van der Waals surface area contributed by atoms with Crippen molar-refractivity contribution in [3.8, 4) is 0 Å². The van der Waals surface area contributed by atoms with Gasteiger partial charge >= 0.3 is 7.60 Å². The lowest BCUT2D eigenvalue weighted by molar-refractivity contribution is 0.192. The van der Waals surface area contributed by atoms with E-state index < -0.39 is 12.8 Å². The molecule has 0 amide bonds. The Balaban J connectivity index is 3.73. The highest BCUT2D eigenvalue weighted by Crippen LogP contribution is 2.59. The van der Waals surface area contributed by atoms with E-state index in [4.69, 9.17) is 9.05 Å². The molecule has 0 heterocycles. The molecule has 0 saturated heterocycles. The van der Waals surface area contributed by atoms with E-state index in [2.05, 4.69) is 6.92 Å². The summed E-state index contributed by atoms with van der Waals surface area (Å²) >= 11 is 0. The van der Waals surface area contributed by atoms with Crippen molar-refractivity contribution in [2.45, 2.75) is 91.1 Å². The molecule has 0 fully saturated rings. The van der Waals surface area contributed by atoms with Gasteiger partial charge in [0.2, 0.25) is 0 Å². The standard InChI is InChI=1S/C16H35O3P/c1-6-8-9-10-11-12-13-14-15-19-20(17,18-7-2)16(3,4)5/h6-15H2,1-5H3. The Bertz CT molecular complexity index is 271. The lowest BCUT2D eigenvalue weighted by Crippen LogP contribution is -2.19. The van der Waals surface area contributed by atoms with Crippen LogP contribution in [0.1, 0.15) is 86.0 Å². The maximum atomic E-state index is 12.6. The smallest absolute Gasteiger partial charge is 0.309 e. The first-order chi connectivity index (χ1) is 9.37. The van der Waals surface area contributed by atoms with Crippen LogP contribution in [0.3, 0.4) is 0 Å². The van der Waals surface area contributed by atoms with E-state index in [9.17, 15) is 4.57 Å². The molecule has 0 radical (unpaired) electrons. The van der Waals surface area contributed by atoms with Gasteiger partial charge < -0.3 is 9.05 Å². The summed E-state index contributed by atoms with van der Waals surface area (Å²) < 4.78 is 23.6.